The maximum atomic E-state index is 12.2. The molecule has 1 aliphatic rings. The van der Waals surface area contributed by atoms with Gasteiger partial charge in [0.25, 0.3) is 5.24 Å². The third kappa shape index (κ3) is 2.93. The van der Waals surface area contributed by atoms with E-state index in [9.17, 15) is 9.59 Å². The summed E-state index contributed by atoms with van der Waals surface area (Å²) in [5.41, 5.74) is 3.33. The number of amides is 1. The number of carbonyl (C=O) groups excluding carboxylic acids is 2. The summed E-state index contributed by atoms with van der Waals surface area (Å²) in [5, 5.41) is 0.774. The van der Waals surface area contributed by atoms with Crippen LogP contribution in [0.15, 0.2) is 42.1 Å². The van der Waals surface area contributed by atoms with Crippen LogP contribution in [0.1, 0.15) is 31.9 Å². The Kier molecular flexibility index (Phi) is 4.31. The summed E-state index contributed by atoms with van der Waals surface area (Å²) in [6, 6.07) is 7.58. The van der Waals surface area contributed by atoms with E-state index in [-0.39, 0.29) is 10.4 Å². The highest BCUT2D eigenvalue weighted by molar-refractivity contribution is 8.26. The van der Waals surface area contributed by atoms with Crippen LogP contribution in [0.4, 0.5) is 4.79 Å². The molecule has 2 aromatic rings. The van der Waals surface area contributed by atoms with E-state index < -0.39 is 6.04 Å². The van der Waals surface area contributed by atoms with Gasteiger partial charge in [0.1, 0.15) is 6.04 Å². The number of hydrogen-bond donors (Lipinski definition) is 0. The van der Waals surface area contributed by atoms with E-state index in [4.69, 9.17) is 0 Å². The summed E-state index contributed by atoms with van der Waals surface area (Å²) in [7, 11) is 1.69. The van der Waals surface area contributed by atoms with E-state index in [1.54, 1.807) is 7.05 Å². The molecular weight excluding hydrogens is 308 g/mol. The fourth-order valence-electron chi connectivity index (χ4n) is 2.98. The number of para-hydroxylation sites is 1. The zero-order chi connectivity index (χ0) is 16.6. The molecule has 0 radical (unpaired) electrons. The summed E-state index contributed by atoms with van der Waals surface area (Å²) >= 11 is 0.800. The maximum absolute atomic E-state index is 12.2. The Bertz CT molecular complexity index is 802. The topological polar surface area (TPSA) is 42.3 Å². The number of rotatable bonds is 4. The summed E-state index contributed by atoms with van der Waals surface area (Å²) in [4.78, 5) is 25.6. The number of aromatic nitrogens is 1. The number of thioether (sulfide) groups is 1. The van der Waals surface area contributed by atoms with Crippen LogP contribution in [-0.4, -0.2) is 26.9 Å². The smallest absolute Gasteiger partial charge is 0.289 e. The van der Waals surface area contributed by atoms with Gasteiger partial charge >= 0.3 is 0 Å². The van der Waals surface area contributed by atoms with Crippen LogP contribution in [-0.2, 0) is 11.3 Å². The van der Waals surface area contributed by atoms with Crippen molar-refractivity contribution in [3.63, 3.8) is 0 Å². The van der Waals surface area contributed by atoms with E-state index in [1.807, 2.05) is 24.4 Å². The zero-order valence-corrected chi connectivity index (χ0v) is 14.4. The average Bonchev–Trinajstić information content (AvgIpc) is 2.97. The Balaban J connectivity index is 2.03. The fourth-order valence-corrected chi connectivity index (χ4v) is 3.80. The Morgan fingerprint density at radius 1 is 1.26 bits per heavy atom. The summed E-state index contributed by atoms with van der Waals surface area (Å²) in [5.74, 6) is 0. The number of aryl methyl sites for hydroxylation is 1. The van der Waals surface area contributed by atoms with Gasteiger partial charge in [-0.2, -0.15) is 0 Å². The molecule has 1 aromatic carbocycles. The van der Waals surface area contributed by atoms with Crippen molar-refractivity contribution in [2.45, 2.75) is 32.9 Å². The molecule has 1 saturated heterocycles. The second-order valence-corrected chi connectivity index (χ2v) is 7.02. The van der Waals surface area contributed by atoms with Gasteiger partial charge in [0, 0.05) is 48.0 Å². The van der Waals surface area contributed by atoms with Gasteiger partial charge in [-0.3, -0.25) is 9.59 Å². The van der Waals surface area contributed by atoms with E-state index >= 15 is 0 Å². The molecule has 0 bridgehead atoms. The molecule has 1 atom stereocenters. The minimum absolute atomic E-state index is 0.0929. The van der Waals surface area contributed by atoms with Crippen molar-refractivity contribution in [3.05, 3.63) is 47.7 Å². The van der Waals surface area contributed by atoms with Crippen molar-refractivity contribution in [3.8, 4) is 0 Å². The maximum Gasteiger partial charge on any atom is 0.289 e. The van der Waals surface area contributed by atoms with Crippen molar-refractivity contribution < 1.29 is 9.59 Å². The van der Waals surface area contributed by atoms with Gasteiger partial charge < -0.3 is 9.47 Å². The average molecular weight is 328 g/mol. The number of nitrogens with zero attached hydrogens (tertiary/aromatic N) is 2. The first-order valence-electron chi connectivity index (χ1n) is 7.68. The Labute approximate surface area is 140 Å². The molecule has 1 amide bonds. The van der Waals surface area contributed by atoms with Crippen LogP contribution in [0.5, 0.6) is 0 Å². The lowest BCUT2D eigenvalue weighted by Gasteiger charge is -2.16. The first-order valence-corrected chi connectivity index (χ1v) is 8.50. The van der Waals surface area contributed by atoms with Crippen molar-refractivity contribution in [2.75, 3.05) is 7.05 Å². The molecule has 0 spiro atoms. The van der Waals surface area contributed by atoms with Gasteiger partial charge in [0.15, 0.2) is 0 Å². The van der Waals surface area contributed by atoms with Crippen LogP contribution in [0.2, 0.25) is 0 Å². The third-order valence-electron chi connectivity index (χ3n) is 4.12. The van der Waals surface area contributed by atoms with Gasteiger partial charge in [-0.05, 0) is 26.3 Å². The second kappa shape index (κ2) is 6.24. The molecule has 120 valence electrons. The lowest BCUT2D eigenvalue weighted by atomic mass is 10.1. The number of benzene rings is 1. The van der Waals surface area contributed by atoms with Crippen molar-refractivity contribution >= 4 is 33.0 Å². The number of carbonyl (C=O) groups is 2. The SMILES string of the molecule is CC(C)=CCCn1cc(C2C(=O)SC(=O)N2C)c2ccccc21. The molecule has 1 aliphatic heterocycles. The fraction of sp³-hybridized carbons (Fsp3) is 0.333. The van der Waals surface area contributed by atoms with Crippen LogP contribution in [0.3, 0.4) is 0 Å². The minimum Gasteiger partial charge on any atom is -0.347 e. The monoisotopic (exact) mass is 328 g/mol. The predicted molar refractivity (Wildman–Crippen MR) is 94.5 cm³/mol. The van der Waals surface area contributed by atoms with Crippen molar-refractivity contribution in [1.82, 2.24) is 9.47 Å². The van der Waals surface area contributed by atoms with Crippen LogP contribution >= 0.6 is 11.8 Å². The Hall–Kier alpha value is -2.01. The normalized spacial score (nSPS) is 18.0. The Morgan fingerprint density at radius 3 is 2.65 bits per heavy atom. The second-order valence-electron chi connectivity index (χ2n) is 6.07. The largest absolute Gasteiger partial charge is 0.347 e. The molecule has 23 heavy (non-hydrogen) atoms. The van der Waals surface area contributed by atoms with Gasteiger partial charge in [-0.15, -0.1) is 0 Å². The van der Waals surface area contributed by atoms with Gasteiger partial charge in [-0.1, -0.05) is 29.8 Å². The molecule has 0 aliphatic carbocycles. The molecular formula is C18H20N2O2S. The molecule has 1 unspecified atom stereocenters. The lowest BCUT2D eigenvalue weighted by molar-refractivity contribution is -0.113. The third-order valence-corrected chi connectivity index (χ3v) is 5.01. The summed E-state index contributed by atoms with van der Waals surface area (Å²) in [6.45, 7) is 5.04. The van der Waals surface area contributed by atoms with E-state index in [0.717, 1.165) is 41.2 Å². The van der Waals surface area contributed by atoms with E-state index in [1.165, 1.54) is 10.5 Å². The van der Waals surface area contributed by atoms with Crippen molar-refractivity contribution in [1.29, 1.82) is 0 Å². The van der Waals surface area contributed by atoms with Crippen LogP contribution in [0, 0.1) is 0 Å². The van der Waals surface area contributed by atoms with Gasteiger partial charge in [-0.25, -0.2) is 0 Å². The number of fused-ring (bicyclic) bond motifs is 1. The highest BCUT2D eigenvalue weighted by Gasteiger charge is 2.39. The van der Waals surface area contributed by atoms with E-state index in [0.29, 0.717) is 0 Å². The predicted octanol–water partition coefficient (Wildman–Crippen LogP) is 4.36. The van der Waals surface area contributed by atoms with Gasteiger partial charge in [0.2, 0.25) is 5.12 Å². The van der Waals surface area contributed by atoms with Crippen LogP contribution < -0.4 is 0 Å². The standard InChI is InChI=1S/C18H20N2O2S/c1-12(2)7-6-10-20-11-14(13-8-4-5-9-15(13)20)16-17(21)23-18(22)19(16)3/h4-5,7-9,11,16H,6,10H2,1-3H3. The number of allylic oxidation sites excluding steroid dienone is 2. The lowest BCUT2D eigenvalue weighted by Crippen LogP contribution is -2.23. The van der Waals surface area contributed by atoms with Crippen LogP contribution in [0.25, 0.3) is 10.9 Å². The first kappa shape index (κ1) is 15.9. The molecule has 0 N–H and O–H groups in total. The Morgan fingerprint density at radius 2 is 2.00 bits per heavy atom. The molecule has 4 nitrogen and oxygen atoms in total. The molecule has 2 heterocycles. The molecule has 1 fully saturated rings. The quantitative estimate of drug-likeness (QED) is 0.783. The molecule has 3 rings (SSSR count). The summed E-state index contributed by atoms with van der Waals surface area (Å²) < 4.78 is 2.18. The first-order chi connectivity index (χ1) is 11.0. The molecule has 5 heteroatoms. The van der Waals surface area contributed by atoms with Crippen molar-refractivity contribution in [2.24, 2.45) is 0 Å². The highest BCUT2D eigenvalue weighted by Crippen LogP contribution is 2.39. The zero-order valence-electron chi connectivity index (χ0n) is 13.6. The van der Waals surface area contributed by atoms with Gasteiger partial charge in [0.05, 0.1) is 0 Å². The summed E-state index contributed by atoms with van der Waals surface area (Å²) in [6.07, 6.45) is 5.19. The molecule has 0 saturated carbocycles. The van der Waals surface area contributed by atoms with E-state index in [2.05, 4.69) is 30.6 Å². The molecule has 1 aromatic heterocycles. The number of hydrogen-bond acceptors (Lipinski definition) is 3. The highest BCUT2D eigenvalue weighted by atomic mass is 32.2. The minimum atomic E-state index is -0.484. The number of likely N-dealkylation sites (N-methyl/N-ethyl adjacent to an activating group) is 1.